The molecule has 0 fully saturated rings. The highest BCUT2D eigenvalue weighted by atomic mass is 32.1. The van der Waals surface area contributed by atoms with Gasteiger partial charge in [0.25, 0.3) is 0 Å². The highest BCUT2D eigenvalue weighted by Gasteiger charge is 2.02. The second-order valence-electron chi connectivity index (χ2n) is 5.35. The molecule has 2 rings (SSSR count). The lowest BCUT2D eigenvalue weighted by molar-refractivity contribution is 0.280. The van der Waals surface area contributed by atoms with E-state index in [1.165, 1.54) is 0 Å². The zero-order valence-corrected chi connectivity index (χ0v) is 14.7. The second kappa shape index (κ2) is 10.2. The molecule has 0 unspecified atom stereocenters. The van der Waals surface area contributed by atoms with Crippen LogP contribution in [0.15, 0.2) is 48.5 Å². The first-order valence-electron chi connectivity index (χ1n) is 8.07. The number of thiocarbonyl (C=S) groups is 1. The van der Waals surface area contributed by atoms with Gasteiger partial charge in [-0.2, -0.15) is 0 Å². The van der Waals surface area contributed by atoms with Gasteiger partial charge in [0.15, 0.2) is 5.11 Å². The van der Waals surface area contributed by atoms with E-state index in [0.717, 1.165) is 30.7 Å². The van der Waals surface area contributed by atoms with Gasteiger partial charge in [-0.15, -0.1) is 0 Å². The van der Waals surface area contributed by atoms with Crippen LogP contribution < -0.4 is 20.5 Å². The number of ether oxygens (including phenoxy) is 2. The van der Waals surface area contributed by atoms with E-state index in [9.17, 15) is 0 Å². The zero-order valence-electron chi connectivity index (χ0n) is 13.9. The standard InChI is InChI=1S/C19H21N3O2S/c1-21-17-10-3-4-11-18(17)24-13-6-2-5-12-23-16-9-7-8-15(14-16)22-19(20)25/h3-4,7-11,14H,2,5-6,12-13H2,(H3,20,22,25). The minimum absolute atomic E-state index is 0.233. The highest BCUT2D eigenvalue weighted by Crippen LogP contribution is 2.26. The Balaban J connectivity index is 1.62. The lowest BCUT2D eigenvalue weighted by Crippen LogP contribution is -2.18. The highest BCUT2D eigenvalue weighted by molar-refractivity contribution is 7.80. The van der Waals surface area contributed by atoms with Crippen molar-refractivity contribution in [2.45, 2.75) is 19.3 Å². The van der Waals surface area contributed by atoms with Crippen LogP contribution >= 0.6 is 12.2 Å². The van der Waals surface area contributed by atoms with E-state index in [1.807, 2.05) is 42.5 Å². The SMILES string of the molecule is [C-]#[N+]c1ccccc1OCCCCCOc1cccc(NC(N)=S)c1. The Kier molecular flexibility index (Phi) is 7.54. The summed E-state index contributed by atoms with van der Waals surface area (Å²) in [6.07, 6.45) is 2.84. The average molecular weight is 355 g/mol. The van der Waals surface area contributed by atoms with Crippen molar-refractivity contribution < 1.29 is 9.47 Å². The summed E-state index contributed by atoms with van der Waals surface area (Å²) in [5, 5.41) is 3.11. The molecule has 0 aliphatic heterocycles. The number of rotatable bonds is 9. The minimum atomic E-state index is 0.233. The van der Waals surface area contributed by atoms with E-state index in [-0.39, 0.29) is 5.11 Å². The molecule has 0 saturated carbocycles. The van der Waals surface area contributed by atoms with Crippen molar-refractivity contribution in [3.05, 3.63) is 59.9 Å². The molecule has 25 heavy (non-hydrogen) atoms. The molecule has 0 aliphatic rings. The smallest absolute Gasteiger partial charge is 0.228 e. The lowest BCUT2D eigenvalue weighted by Gasteiger charge is -2.10. The third-order valence-corrected chi connectivity index (χ3v) is 3.50. The first-order chi connectivity index (χ1) is 12.2. The Morgan fingerprint density at radius 3 is 2.56 bits per heavy atom. The number of nitrogens with zero attached hydrogens (tertiary/aromatic N) is 1. The quantitative estimate of drug-likeness (QED) is 0.393. The van der Waals surface area contributed by atoms with Crippen LogP contribution in [0, 0.1) is 6.57 Å². The van der Waals surface area contributed by atoms with Crippen LogP contribution in [0.5, 0.6) is 11.5 Å². The molecule has 0 radical (unpaired) electrons. The number of anilines is 1. The molecule has 0 saturated heterocycles. The monoisotopic (exact) mass is 355 g/mol. The number of hydrogen-bond donors (Lipinski definition) is 2. The molecule has 0 aliphatic carbocycles. The normalized spacial score (nSPS) is 9.88. The topological polar surface area (TPSA) is 60.9 Å². The van der Waals surface area contributed by atoms with Crippen molar-refractivity contribution in [2.75, 3.05) is 18.5 Å². The van der Waals surface area contributed by atoms with Gasteiger partial charge >= 0.3 is 0 Å². The van der Waals surface area contributed by atoms with Crippen LogP contribution in [0.3, 0.4) is 0 Å². The molecule has 0 amide bonds. The van der Waals surface area contributed by atoms with Gasteiger partial charge in [0, 0.05) is 11.8 Å². The average Bonchev–Trinajstić information content (AvgIpc) is 2.61. The van der Waals surface area contributed by atoms with Crippen LogP contribution in [0.1, 0.15) is 19.3 Å². The number of hydrogen-bond acceptors (Lipinski definition) is 3. The van der Waals surface area contributed by atoms with Gasteiger partial charge in [-0.1, -0.05) is 24.3 Å². The van der Waals surface area contributed by atoms with E-state index in [2.05, 4.69) is 10.2 Å². The number of nitrogens with one attached hydrogen (secondary N) is 1. The largest absolute Gasteiger partial charge is 0.505 e. The Labute approximate surface area is 153 Å². The zero-order chi connectivity index (χ0) is 17.9. The Bertz CT molecular complexity index is 743. The van der Waals surface area contributed by atoms with Crippen LogP contribution in [0.2, 0.25) is 0 Å². The van der Waals surface area contributed by atoms with Gasteiger partial charge in [-0.25, -0.2) is 4.85 Å². The maximum absolute atomic E-state index is 7.10. The lowest BCUT2D eigenvalue weighted by atomic mass is 10.2. The summed E-state index contributed by atoms with van der Waals surface area (Å²) in [7, 11) is 0. The van der Waals surface area contributed by atoms with E-state index >= 15 is 0 Å². The molecular formula is C19H21N3O2S. The fourth-order valence-electron chi connectivity index (χ4n) is 2.23. The molecule has 0 spiro atoms. The molecule has 6 heteroatoms. The number of unbranched alkanes of at least 4 members (excludes halogenated alkanes) is 2. The van der Waals surface area contributed by atoms with Crippen molar-refractivity contribution in [3.8, 4) is 11.5 Å². The molecule has 130 valence electrons. The van der Waals surface area contributed by atoms with Crippen LogP contribution in [0.25, 0.3) is 4.85 Å². The van der Waals surface area contributed by atoms with Crippen LogP contribution in [-0.4, -0.2) is 18.3 Å². The Morgan fingerprint density at radius 1 is 1.04 bits per heavy atom. The second-order valence-corrected chi connectivity index (χ2v) is 5.79. The van der Waals surface area contributed by atoms with Crippen molar-refractivity contribution in [1.82, 2.24) is 0 Å². The van der Waals surface area contributed by atoms with E-state index < -0.39 is 0 Å². The van der Waals surface area contributed by atoms with E-state index in [0.29, 0.717) is 24.7 Å². The van der Waals surface area contributed by atoms with Gasteiger partial charge in [-0.3, -0.25) is 0 Å². The first kappa shape index (κ1) is 18.6. The third-order valence-electron chi connectivity index (χ3n) is 3.40. The first-order valence-corrected chi connectivity index (χ1v) is 8.48. The van der Waals surface area contributed by atoms with Crippen molar-refractivity contribution in [3.63, 3.8) is 0 Å². The maximum Gasteiger partial charge on any atom is 0.228 e. The Morgan fingerprint density at radius 2 is 1.80 bits per heavy atom. The number of para-hydroxylation sites is 2. The minimum Gasteiger partial charge on any atom is -0.505 e. The van der Waals surface area contributed by atoms with Crippen molar-refractivity contribution >= 4 is 28.7 Å². The predicted octanol–water partition coefficient (Wildman–Crippen LogP) is 4.52. The molecule has 0 bridgehead atoms. The molecule has 0 heterocycles. The van der Waals surface area contributed by atoms with Gasteiger partial charge in [0.2, 0.25) is 5.69 Å². The van der Waals surface area contributed by atoms with Crippen molar-refractivity contribution in [2.24, 2.45) is 5.73 Å². The summed E-state index contributed by atoms with van der Waals surface area (Å²) in [6, 6.07) is 14.8. The summed E-state index contributed by atoms with van der Waals surface area (Å²) in [4.78, 5) is 3.44. The van der Waals surface area contributed by atoms with E-state index in [4.69, 9.17) is 34.0 Å². The van der Waals surface area contributed by atoms with Crippen LogP contribution in [0.4, 0.5) is 11.4 Å². The van der Waals surface area contributed by atoms with Gasteiger partial charge in [0.1, 0.15) is 11.5 Å². The molecular weight excluding hydrogens is 334 g/mol. The summed E-state index contributed by atoms with van der Waals surface area (Å²) >= 11 is 4.82. The fourth-order valence-corrected chi connectivity index (χ4v) is 2.35. The summed E-state index contributed by atoms with van der Waals surface area (Å²) in [5.41, 5.74) is 6.82. The van der Waals surface area contributed by atoms with Gasteiger partial charge in [0.05, 0.1) is 19.8 Å². The molecule has 0 aromatic heterocycles. The summed E-state index contributed by atoms with van der Waals surface area (Å²) in [6.45, 7) is 8.33. The maximum atomic E-state index is 7.10. The van der Waals surface area contributed by atoms with Gasteiger partial charge < -0.3 is 20.5 Å². The predicted molar refractivity (Wildman–Crippen MR) is 104 cm³/mol. The van der Waals surface area contributed by atoms with Crippen LogP contribution in [-0.2, 0) is 0 Å². The van der Waals surface area contributed by atoms with Gasteiger partial charge in [-0.05, 0) is 49.7 Å². The summed E-state index contributed by atoms with van der Waals surface area (Å²) < 4.78 is 11.4. The molecule has 5 nitrogen and oxygen atoms in total. The fraction of sp³-hybridized carbons (Fsp3) is 0.263. The molecule has 3 N–H and O–H groups in total. The third kappa shape index (κ3) is 6.69. The summed E-state index contributed by atoms with van der Waals surface area (Å²) in [5.74, 6) is 1.43. The molecule has 0 atom stereocenters. The molecule has 2 aromatic carbocycles. The van der Waals surface area contributed by atoms with Crippen molar-refractivity contribution in [1.29, 1.82) is 0 Å². The van der Waals surface area contributed by atoms with E-state index in [1.54, 1.807) is 6.07 Å². The molecule has 2 aromatic rings. The number of benzene rings is 2. The number of nitrogens with two attached hydrogens (primary N) is 1. The Hall–Kier alpha value is -2.78.